The Kier molecular flexibility index (Phi) is 5.92. The molecule has 0 aliphatic heterocycles. The van der Waals surface area contributed by atoms with E-state index >= 15 is 0 Å². The molecule has 0 saturated carbocycles. The number of thiazole rings is 1. The summed E-state index contributed by atoms with van der Waals surface area (Å²) in [5, 5.41) is 1.33. The number of aromatic nitrogens is 3. The van der Waals surface area contributed by atoms with Gasteiger partial charge in [-0.1, -0.05) is 35.9 Å². The summed E-state index contributed by atoms with van der Waals surface area (Å²) in [6.07, 6.45) is 7.24. The lowest BCUT2D eigenvalue weighted by atomic mass is 10.2. The Morgan fingerprint density at radius 1 is 1.21 bits per heavy atom. The van der Waals surface area contributed by atoms with Gasteiger partial charge < -0.3 is 4.57 Å². The number of rotatable bonds is 7. The van der Waals surface area contributed by atoms with E-state index in [0.29, 0.717) is 17.1 Å². The molecule has 0 saturated heterocycles. The van der Waals surface area contributed by atoms with Crippen molar-refractivity contribution in [2.24, 2.45) is 0 Å². The van der Waals surface area contributed by atoms with E-state index in [-0.39, 0.29) is 5.91 Å². The summed E-state index contributed by atoms with van der Waals surface area (Å²) >= 11 is 7.55. The van der Waals surface area contributed by atoms with Crippen LogP contribution < -0.4 is 4.90 Å². The highest BCUT2D eigenvalue weighted by Gasteiger charge is 2.21. The first-order chi connectivity index (χ1) is 14.1. The summed E-state index contributed by atoms with van der Waals surface area (Å²) < 4.78 is 3.11. The van der Waals surface area contributed by atoms with Crippen LogP contribution in [0.3, 0.4) is 0 Å². The van der Waals surface area contributed by atoms with Crippen LogP contribution in [0.2, 0.25) is 5.02 Å². The highest BCUT2D eigenvalue weighted by atomic mass is 35.5. The number of carbonyl (C=O) groups excluding carboxylic acids is 1. The number of imidazole rings is 1. The van der Waals surface area contributed by atoms with Crippen LogP contribution in [0.5, 0.6) is 0 Å². The van der Waals surface area contributed by atoms with E-state index in [4.69, 9.17) is 16.6 Å². The summed E-state index contributed by atoms with van der Waals surface area (Å²) in [4.78, 5) is 23.9. The Morgan fingerprint density at radius 2 is 2.03 bits per heavy atom. The molecular weight excluding hydrogens is 404 g/mol. The average Bonchev–Trinajstić information content (AvgIpc) is 3.40. The van der Waals surface area contributed by atoms with Crippen LogP contribution in [0.1, 0.15) is 29.3 Å². The molecule has 29 heavy (non-hydrogen) atoms. The maximum absolute atomic E-state index is 13.3. The zero-order valence-electron chi connectivity index (χ0n) is 16.1. The van der Waals surface area contributed by atoms with Gasteiger partial charge in [0.1, 0.15) is 0 Å². The Morgan fingerprint density at radius 3 is 2.76 bits per heavy atom. The molecule has 5 nitrogen and oxygen atoms in total. The van der Waals surface area contributed by atoms with Crippen molar-refractivity contribution in [3.05, 3.63) is 77.3 Å². The van der Waals surface area contributed by atoms with Gasteiger partial charge in [0.25, 0.3) is 5.91 Å². The molecule has 0 atom stereocenters. The van der Waals surface area contributed by atoms with E-state index in [1.54, 1.807) is 53.0 Å². The molecule has 0 aliphatic carbocycles. The minimum absolute atomic E-state index is 0.0675. The molecule has 0 aliphatic rings. The van der Waals surface area contributed by atoms with E-state index in [9.17, 15) is 4.79 Å². The number of anilines is 1. The van der Waals surface area contributed by atoms with Gasteiger partial charge in [0.05, 0.1) is 16.5 Å². The molecule has 2 aromatic carbocycles. The van der Waals surface area contributed by atoms with Crippen LogP contribution in [-0.2, 0) is 13.0 Å². The van der Waals surface area contributed by atoms with Crippen molar-refractivity contribution in [3.8, 4) is 0 Å². The second-order valence-corrected chi connectivity index (χ2v) is 8.22. The molecule has 4 aromatic rings. The van der Waals surface area contributed by atoms with Gasteiger partial charge in [-0.2, -0.15) is 0 Å². The third-order valence-electron chi connectivity index (χ3n) is 4.77. The third kappa shape index (κ3) is 4.49. The van der Waals surface area contributed by atoms with Crippen molar-refractivity contribution in [1.82, 2.24) is 14.5 Å². The number of nitrogens with zero attached hydrogens (tertiary/aromatic N) is 4. The minimum Gasteiger partial charge on any atom is -0.337 e. The van der Waals surface area contributed by atoms with Gasteiger partial charge in [-0.05, 0) is 54.8 Å². The van der Waals surface area contributed by atoms with Gasteiger partial charge in [-0.3, -0.25) is 9.69 Å². The van der Waals surface area contributed by atoms with E-state index in [0.717, 1.165) is 34.7 Å². The molecule has 0 N–H and O–H groups in total. The van der Waals surface area contributed by atoms with Crippen molar-refractivity contribution < 1.29 is 4.79 Å². The van der Waals surface area contributed by atoms with Crippen LogP contribution in [0.4, 0.5) is 5.13 Å². The van der Waals surface area contributed by atoms with Crippen LogP contribution in [-0.4, -0.2) is 27.0 Å². The highest BCUT2D eigenvalue weighted by Crippen LogP contribution is 2.31. The fourth-order valence-electron chi connectivity index (χ4n) is 3.15. The maximum atomic E-state index is 13.3. The number of halogens is 1. The van der Waals surface area contributed by atoms with Gasteiger partial charge in [0.15, 0.2) is 5.13 Å². The molecule has 0 radical (unpaired) electrons. The summed E-state index contributed by atoms with van der Waals surface area (Å²) in [6, 6.07) is 13.3. The molecule has 4 rings (SSSR count). The highest BCUT2D eigenvalue weighted by molar-refractivity contribution is 7.22. The van der Waals surface area contributed by atoms with Crippen molar-refractivity contribution >= 4 is 44.2 Å². The van der Waals surface area contributed by atoms with Crippen molar-refractivity contribution in [2.75, 3.05) is 11.4 Å². The number of aryl methyl sites for hydroxylation is 2. The van der Waals surface area contributed by atoms with Gasteiger partial charge in [-0.25, -0.2) is 9.97 Å². The zero-order chi connectivity index (χ0) is 20.2. The largest absolute Gasteiger partial charge is 0.337 e. The summed E-state index contributed by atoms with van der Waals surface area (Å²) in [7, 11) is 0. The molecule has 7 heteroatoms. The van der Waals surface area contributed by atoms with Gasteiger partial charge in [0, 0.05) is 36.1 Å². The number of hydrogen-bond acceptors (Lipinski definition) is 4. The topological polar surface area (TPSA) is 51.0 Å². The van der Waals surface area contributed by atoms with Crippen LogP contribution in [0.25, 0.3) is 10.2 Å². The monoisotopic (exact) mass is 424 g/mol. The van der Waals surface area contributed by atoms with E-state index < -0.39 is 0 Å². The standard InChI is InChI=1S/C22H21ClN4OS/c1-2-16-4-9-19-20(14-16)29-22(25-19)27(12-3-11-26-13-10-24-15-26)21(28)17-5-7-18(23)8-6-17/h4-10,13-15H,2-3,11-12H2,1H3. The second-order valence-electron chi connectivity index (χ2n) is 6.77. The van der Waals surface area contributed by atoms with E-state index in [1.165, 1.54) is 5.56 Å². The minimum atomic E-state index is -0.0675. The Labute approximate surface area is 178 Å². The summed E-state index contributed by atoms with van der Waals surface area (Å²) in [5.41, 5.74) is 2.79. The third-order valence-corrected chi connectivity index (χ3v) is 6.07. The molecule has 0 spiro atoms. The van der Waals surface area contributed by atoms with Crippen LogP contribution in [0, 0.1) is 0 Å². The smallest absolute Gasteiger partial charge is 0.260 e. The molecule has 148 valence electrons. The summed E-state index contributed by atoms with van der Waals surface area (Å²) in [5.74, 6) is -0.0675. The molecule has 1 amide bonds. The molecule has 0 unspecified atom stereocenters. The van der Waals surface area contributed by atoms with Crippen molar-refractivity contribution in [1.29, 1.82) is 0 Å². The molecule has 0 fully saturated rings. The van der Waals surface area contributed by atoms with Crippen LogP contribution in [0.15, 0.2) is 61.2 Å². The SMILES string of the molecule is CCc1ccc2nc(N(CCCn3ccnc3)C(=O)c3ccc(Cl)cc3)sc2c1. The zero-order valence-corrected chi connectivity index (χ0v) is 17.7. The number of fused-ring (bicyclic) bond motifs is 1. The van der Waals surface area contributed by atoms with E-state index in [1.807, 2.05) is 16.8 Å². The van der Waals surface area contributed by atoms with Gasteiger partial charge in [0.2, 0.25) is 0 Å². The maximum Gasteiger partial charge on any atom is 0.260 e. The second kappa shape index (κ2) is 8.76. The van der Waals surface area contributed by atoms with Gasteiger partial charge in [-0.15, -0.1) is 0 Å². The Bertz CT molecular complexity index is 1110. The fraction of sp³-hybridized carbons (Fsp3) is 0.227. The number of amides is 1. The molecular formula is C22H21ClN4OS. The van der Waals surface area contributed by atoms with Gasteiger partial charge >= 0.3 is 0 Å². The average molecular weight is 425 g/mol. The van der Waals surface area contributed by atoms with E-state index in [2.05, 4.69) is 24.0 Å². The fourth-order valence-corrected chi connectivity index (χ4v) is 4.33. The molecule has 2 aromatic heterocycles. The lowest BCUT2D eigenvalue weighted by molar-refractivity contribution is 0.0986. The first-order valence-electron chi connectivity index (χ1n) is 9.56. The normalized spacial score (nSPS) is 11.1. The molecule has 0 bridgehead atoms. The lowest BCUT2D eigenvalue weighted by Gasteiger charge is -2.20. The number of carbonyl (C=O) groups is 1. The van der Waals surface area contributed by atoms with Crippen molar-refractivity contribution in [2.45, 2.75) is 26.3 Å². The Balaban J connectivity index is 1.63. The first kappa shape index (κ1) is 19.6. The lowest BCUT2D eigenvalue weighted by Crippen LogP contribution is -2.32. The predicted octanol–water partition coefficient (Wildman–Crippen LogP) is 5.45. The predicted molar refractivity (Wildman–Crippen MR) is 119 cm³/mol. The summed E-state index contributed by atoms with van der Waals surface area (Å²) in [6.45, 7) is 3.49. The Hall–Kier alpha value is -2.70. The molecule has 2 heterocycles. The number of hydrogen-bond donors (Lipinski definition) is 0. The first-order valence-corrected chi connectivity index (χ1v) is 10.8. The quantitative estimate of drug-likeness (QED) is 0.396. The van der Waals surface area contributed by atoms with Crippen LogP contribution >= 0.6 is 22.9 Å². The van der Waals surface area contributed by atoms with Crippen molar-refractivity contribution in [3.63, 3.8) is 0 Å². The number of benzene rings is 2.